The number of nitrogens with one attached hydrogen (secondary N) is 1. The molecular weight excluding hydrogens is 270 g/mol. The fourth-order valence-electron chi connectivity index (χ4n) is 2.54. The van der Waals surface area contributed by atoms with Crippen LogP contribution in [0.25, 0.3) is 0 Å². The van der Waals surface area contributed by atoms with Crippen LogP contribution in [0.5, 0.6) is 0 Å². The van der Waals surface area contributed by atoms with E-state index < -0.39 is 0 Å². The van der Waals surface area contributed by atoms with Gasteiger partial charge in [0.2, 0.25) is 5.91 Å². The Morgan fingerprint density at radius 1 is 0.955 bits per heavy atom. The second-order valence-electron chi connectivity index (χ2n) is 6.35. The molecule has 0 unspecified atom stereocenters. The SMILES string of the molecule is Cc1ccc([C@@H](NC(=O)CC(C)C)c2ccccc2)cc1C. The van der Waals surface area contributed by atoms with Crippen molar-refractivity contribution in [3.05, 3.63) is 70.8 Å². The molecule has 116 valence electrons. The Morgan fingerprint density at radius 2 is 1.64 bits per heavy atom. The summed E-state index contributed by atoms with van der Waals surface area (Å²) in [6.45, 7) is 8.34. The van der Waals surface area contributed by atoms with Crippen LogP contribution in [0.4, 0.5) is 0 Å². The molecule has 0 saturated heterocycles. The number of carbonyl (C=O) groups excluding carboxylic acids is 1. The van der Waals surface area contributed by atoms with Gasteiger partial charge in [-0.2, -0.15) is 0 Å². The van der Waals surface area contributed by atoms with E-state index in [1.165, 1.54) is 11.1 Å². The first kappa shape index (κ1) is 16.3. The molecule has 0 spiro atoms. The van der Waals surface area contributed by atoms with E-state index in [9.17, 15) is 4.79 Å². The van der Waals surface area contributed by atoms with E-state index >= 15 is 0 Å². The van der Waals surface area contributed by atoms with Crippen LogP contribution < -0.4 is 5.32 Å². The second kappa shape index (κ2) is 7.26. The van der Waals surface area contributed by atoms with Gasteiger partial charge < -0.3 is 5.32 Å². The van der Waals surface area contributed by atoms with Gasteiger partial charge in [0.05, 0.1) is 6.04 Å². The van der Waals surface area contributed by atoms with Gasteiger partial charge in [0, 0.05) is 6.42 Å². The van der Waals surface area contributed by atoms with Gasteiger partial charge in [0.25, 0.3) is 0 Å². The summed E-state index contributed by atoms with van der Waals surface area (Å²) < 4.78 is 0. The number of amides is 1. The molecule has 1 amide bonds. The Kier molecular flexibility index (Phi) is 5.37. The maximum atomic E-state index is 12.3. The lowest BCUT2D eigenvalue weighted by Gasteiger charge is -2.21. The van der Waals surface area contributed by atoms with Gasteiger partial charge in [-0.1, -0.05) is 62.4 Å². The number of aryl methyl sites for hydroxylation is 2. The standard InChI is InChI=1S/C20H25NO/c1-14(2)12-19(22)21-20(17-8-6-5-7-9-17)18-11-10-15(3)16(4)13-18/h5-11,13-14,20H,12H2,1-4H3,(H,21,22)/t20-/m0/s1. The van der Waals surface area contributed by atoms with E-state index in [0.717, 1.165) is 11.1 Å². The molecule has 0 bridgehead atoms. The number of hydrogen-bond donors (Lipinski definition) is 1. The van der Waals surface area contributed by atoms with E-state index in [2.05, 4.69) is 63.3 Å². The van der Waals surface area contributed by atoms with Crippen molar-refractivity contribution in [3.63, 3.8) is 0 Å². The summed E-state index contributed by atoms with van der Waals surface area (Å²) in [5.41, 5.74) is 4.76. The highest BCUT2D eigenvalue weighted by atomic mass is 16.1. The summed E-state index contributed by atoms with van der Waals surface area (Å²) >= 11 is 0. The third kappa shape index (κ3) is 4.20. The van der Waals surface area contributed by atoms with Crippen molar-refractivity contribution in [1.29, 1.82) is 0 Å². The maximum Gasteiger partial charge on any atom is 0.221 e. The van der Waals surface area contributed by atoms with Crippen molar-refractivity contribution >= 4 is 5.91 Å². The van der Waals surface area contributed by atoms with Crippen molar-refractivity contribution in [1.82, 2.24) is 5.32 Å². The van der Waals surface area contributed by atoms with Gasteiger partial charge >= 0.3 is 0 Å². The highest BCUT2D eigenvalue weighted by Gasteiger charge is 2.17. The van der Waals surface area contributed by atoms with Gasteiger partial charge in [-0.25, -0.2) is 0 Å². The molecular formula is C20H25NO. The van der Waals surface area contributed by atoms with E-state index in [-0.39, 0.29) is 11.9 Å². The van der Waals surface area contributed by atoms with E-state index in [1.807, 2.05) is 18.2 Å². The fourth-order valence-corrected chi connectivity index (χ4v) is 2.54. The molecule has 1 N–H and O–H groups in total. The van der Waals surface area contributed by atoms with Crippen molar-refractivity contribution < 1.29 is 4.79 Å². The van der Waals surface area contributed by atoms with Gasteiger partial charge in [-0.05, 0) is 42.0 Å². The molecule has 2 aromatic rings. The molecule has 0 radical (unpaired) electrons. The van der Waals surface area contributed by atoms with Crippen LogP contribution in [0.3, 0.4) is 0 Å². The molecule has 2 rings (SSSR count). The molecule has 22 heavy (non-hydrogen) atoms. The van der Waals surface area contributed by atoms with Crippen LogP contribution in [-0.2, 0) is 4.79 Å². The van der Waals surface area contributed by atoms with E-state index in [1.54, 1.807) is 0 Å². The molecule has 0 aromatic heterocycles. The Hall–Kier alpha value is -2.09. The van der Waals surface area contributed by atoms with Crippen LogP contribution in [0.2, 0.25) is 0 Å². The molecule has 0 fully saturated rings. The van der Waals surface area contributed by atoms with Crippen LogP contribution in [0.1, 0.15) is 48.6 Å². The summed E-state index contributed by atoms with van der Waals surface area (Å²) in [6, 6.07) is 16.5. The molecule has 0 saturated carbocycles. The first-order chi connectivity index (χ1) is 10.5. The highest BCUT2D eigenvalue weighted by Crippen LogP contribution is 2.24. The fraction of sp³-hybridized carbons (Fsp3) is 0.350. The minimum absolute atomic E-state index is 0.0910. The molecule has 0 aliphatic carbocycles. The lowest BCUT2D eigenvalue weighted by molar-refractivity contribution is -0.122. The maximum absolute atomic E-state index is 12.3. The van der Waals surface area contributed by atoms with Crippen LogP contribution >= 0.6 is 0 Å². The largest absolute Gasteiger partial charge is 0.345 e. The molecule has 0 aliphatic rings. The monoisotopic (exact) mass is 295 g/mol. The number of rotatable bonds is 5. The van der Waals surface area contributed by atoms with Gasteiger partial charge in [-0.3, -0.25) is 4.79 Å². The summed E-state index contributed by atoms with van der Waals surface area (Å²) in [5.74, 6) is 0.457. The Labute approximate surface area is 133 Å². The number of carbonyl (C=O) groups is 1. The third-order valence-electron chi connectivity index (χ3n) is 3.90. The molecule has 2 heteroatoms. The molecule has 2 nitrogen and oxygen atoms in total. The summed E-state index contributed by atoms with van der Waals surface area (Å²) in [6.07, 6.45) is 0.550. The van der Waals surface area contributed by atoms with Gasteiger partial charge in [0.1, 0.15) is 0 Å². The first-order valence-corrected chi connectivity index (χ1v) is 7.89. The molecule has 0 heterocycles. The van der Waals surface area contributed by atoms with E-state index in [4.69, 9.17) is 0 Å². The average molecular weight is 295 g/mol. The lowest BCUT2D eigenvalue weighted by atomic mass is 9.95. The highest BCUT2D eigenvalue weighted by molar-refractivity contribution is 5.77. The summed E-state index contributed by atoms with van der Waals surface area (Å²) in [5, 5.41) is 3.19. The van der Waals surface area contributed by atoms with Crippen LogP contribution in [0, 0.1) is 19.8 Å². The van der Waals surface area contributed by atoms with E-state index in [0.29, 0.717) is 12.3 Å². The zero-order chi connectivity index (χ0) is 16.1. The number of benzene rings is 2. The summed E-state index contributed by atoms with van der Waals surface area (Å²) in [4.78, 5) is 12.3. The summed E-state index contributed by atoms with van der Waals surface area (Å²) in [7, 11) is 0. The van der Waals surface area contributed by atoms with Crippen molar-refractivity contribution in [3.8, 4) is 0 Å². The van der Waals surface area contributed by atoms with Gasteiger partial charge in [0.15, 0.2) is 0 Å². The zero-order valence-corrected chi connectivity index (χ0v) is 13.9. The smallest absolute Gasteiger partial charge is 0.221 e. The van der Waals surface area contributed by atoms with Crippen molar-refractivity contribution in [2.45, 2.75) is 40.2 Å². The lowest BCUT2D eigenvalue weighted by Crippen LogP contribution is -2.30. The predicted molar refractivity (Wildman–Crippen MR) is 91.8 cm³/mol. The predicted octanol–water partition coefficient (Wildman–Crippen LogP) is 4.56. The molecule has 2 aromatic carbocycles. The zero-order valence-electron chi connectivity index (χ0n) is 13.9. The third-order valence-corrected chi connectivity index (χ3v) is 3.90. The normalized spacial score (nSPS) is 12.2. The van der Waals surface area contributed by atoms with Crippen molar-refractivity contribution in [2.75, 3.05) is 0 Å². The molecule has 1 atom stereocenters. The Balaban J connectivity index is 2.33. The minimum Gasteiger partial charge on any atom is -0.345 e. The average Bonchev–Trinajstić information content (AvgIpc) is 2.48. The second-order valence-corrected chi connectivity index (χ2v) is 6.35. The van der Waals surface area contributed by atoms with Crippen LogP contribution in [-0.4, -0.2) is 5.91 Å². The topological polar surface area (TPSA) is 29.1 Å². The Bertz CT molecular complexity index is 631. The first-order valence-electron chi connectivity index (χ1n) is 7.89. The molecule has 0 aliphatic heterocycles. The van der Waals surface area contributed by atoms with Crippen LogP contribution in [0.15, 0.2) is 48.5 Å². The van der Waals surface area contributed by atoms with Gasteiger partial charge in [-0.15, -0.1) is 0 Å². The quantitative estimate of drug-likeness (QED) is 0.861. The van der Waals surface area contributed by atoms with Crippen molar-refractivity contribution in [2.24, 2.45) is 5.92 Å². The minimum atomic E-state index is -0.0910. The number of hydrogen-bond acceptors (Lipinski definition) is 1. The Morgan fingerprint density at radius 3 is 2.23 bits per heavy atom.